The second kappa shape index (κ2) is 8.57. The smallest absolute Gasteiger partial charge is 0.363 e. The lowest BCUT2D eigenvalue weighted by Gasteiger charge is -2.51. The first-order valence-electron chi connectivity index (χ1n) is 10.4. The highest BCUT2D eigenvalue weighted by atomic mass is 35.5. The van der Waals surface area contributed by atoms with Crippen molar-refractivity contribution in [2.24, 2.45) is 0 Å². The lowest BCUT2D eigenvalue weighted by atomic mass is 9.93. The van der Waals surface area contributed by atoms with Gasteiger partial charge < -0.3 is 10.4 Å². The Hall–Kier alpha value is -2.48. The second-order valence-corrected chi connectivity index (χ2v) is 8.96. The van der Waals surface area contributed by atoms with Crippen LogP contribution < -0.4 is 9.80 Å². The molecule has 162 valence electrons. The highest BCUT2D eigenvalue weighted by Crippen LogP contribution is 2.43. The molecule has 0 spiro atoms. The van der Waals surface area contributed by atoms with E-state index >= 15 is 0 Å². The molecule has 0 bridgehead atoms. The number of aliphatic carboxylic acids is 1. The van der Waals surface area contributed by atoms with Crippen LogP contribution in [0.3, 0.4) is 0 Å². The Labute approximate surface area is 192 Å². The zero-order valence-electron chi connectivity index (χ0n) is 17.3. The molecule has 2 aromatic carbocycles. The van der Waals surface area contributed by atoms with Gasteiger partial charge in [0.05, 0.1) is 19.5 Å². The van der Waals surface area contributed by atoms with Crippen LogP contribution >= 0.6 is 23.8 Å². The Bertz CT molecular complexity index is 1010. The molecule has 2 N–H and O–H groups in total. The van der Waals surface area contributed by atoms with Gasteiger partial charge in [-0.05, 0) is 30.8 Å². The number of amides is 1. The number of hydrogen-bond acceptors (Lipinski definition) is 3. The third-order valence-electron chi connectivity index (χ3n) is 6.41. The maximum absolute atomic E-state index is 13.0. The normalized spacial score (nSPS) is 25.3. The Morgan fingerprint density at radius 1 is 1.26 bits per heavy atom. The quantitative estimate of drug-likeness (QED) is 0.489. The van der Waals surface area contributed by atoms with E-state index in [0.717, 1.165) is 16.8 Å². The SMILES string of the molecule is Cc1cccc(Cl)c1[N+]1(CCCN2C(=O)C(c3ccccc3)NC2=S)CCC1C(=O)O. The van der Waals surface area contributed by atoms with E-state index in [-0.39, 0.29) is 5.91 Å². The number of thiocarbonyl (C=S) groups is 1. The van der Waals surface area contributed by atoms with Crippen LogP contribution in [0.4, 0.5) is 5.69 Å². The van der Waals surface area contributed by atoms with Gasteiger partial charge in [-0.3, -0.25) is 14.2 Å². The third-order valence-corrected chi connectivity index (χ3v) is 7.06. The van der Waals surface area contributed by atoms with Crippen LogP contribution in [0.15, 0.2) is 48.5 Å². The van der Waals surface area contributed by atoms with Gasteiger partial charge in [-0.2, -0.15) is 0 Å². The minimum absolute atomic E-state index is 0.0740. The summed E-state index contributed by atoms with van der Waals surface area (Å²) in [5.74, 6) is -0.890. The lowest BCUT2D eigenvalue weighted by molar-refractivity contribution is -0.147. The number of aryl methyl sites for hydroxylation is 1. The zero-order valence-corrected chi connectivity index (χ0v) is 18.8. The van der Waals surface area contributed by atoms with E-state index in [2.05, 4.69) is 5.32 Å². The summed E-state index contributed by atoms with van der Waals surface area (Å²) >= 11 is 11.9. The number of rotatable bonds is 7. The van der Waals surface area contributed by atoms with Crippen LogP contribution in [0.1, 0.15) is 30.0 Å². The summed E-state index contributed by atoms with van der Waals surface area (Å²) in [5, 5.41) is 13.9. The van der Waals surface area contributed by atoms with Crippen molar-refractivity contribution >= 4 is 46.5 Å². The van der Waals surface area contributed by atoms with Gasteiger partial charge in [0.2, 0.25) is 0 Å². The average Bonchev–Trinajstić information content (AvgIpc) is 3.00. The fourth-order valence-electron chi connectivity index (χ4n) is 4.85. The van der Waals surface area contributed by atoms with Gasteiger partial charge in [0.1, 0.15) is 11.1 Å². The van der Waals surface area contributed by atoms with Gasteiger partial charge in [-0.25, -0.2) is 4.79 Å². The number of hydrogen-bond donors (Lipinski definition) is 2. The van der Waals surface area contributed by atoms with Crippen molar-refractivity contribution in [2.75, 3.05) is 19.6 Å². The molecule has 0 radical (unpaired) electrons. The van der Waals surface area contributed by atoms with E-state index in [1.807, 2.05) is 55.5 Å². The first-order valence-corrected chi connectivity index (χ1v) is 11.2. The first-order chi connectivity index (χ1) is 14.8. The summed E-state index contributed by atoms with van der Waals surface area (Å²) in [4.78, 5) is 26.5. The number of benzene rings is 2. The second-order valence-electron chi connectivity index (χ2n) is 8.17. The van der Waals surface area contributed by atoms with Gasteiger partial charge in [0, 0.05) is 18.5 Å². The number of quaternary nitrogens is 1. The Morgan fingerprint density at radius 2 is 2.00 bits per heavy atom. The van der Waals surface area contributed by atoms with Crippen molar-refractivity contribution in [3.63, 3.8) is 0 Å². The van der Waals surface area contributed by atoms with E-state index in [9.17, 15) is 14.7 Å². The number of carboxylic acid groups (broad SMARTS) is 1. The van der Waals surface area contributed by atoms with E-state index in [0.29, 0.717) is 47.1 Å². The molecule has 3 atom stereocenters. The minimum atomic E-state index is -0.816. The predicted octanol–water partition coefficient (Wildman–Crippen LogP) is 3.66. The topological polar surface area (TPSA) is 69.6 Å². The number of carbonyl (C=O) groups excluding carboxylic acids is 1. The molecule has 2 aliphatic heterocycles. The highest BCUT2D eigenvalue weighted by Gasteiger charge is 2.53. The van der Waals surface area contributed by atoms with Gasteiger partial charge >= 0.3 is 5.97 Å². The van der Waals surface area contributed by atoms with E-state index in [4.69, 9.17) is 23.8 Å². The van der Waals surface area contributed by atoms with Crippen LogP contribution in [0, 0.1) is 6.92 Å². The number of halogens is 1. The van der Waals surface area contributed by atoms with E-state index in [1.165, 1.54) is 0 Å². The van der Waals surface area contributed by atoms with E-state index in [1.54, 1.807) is 4.90 Å². The van der Waals surface area contributed by atoms with Crippen molar-refractivity contribution < 1.29 is 14.7 Å². The summed E-state index contributed by atoms with van der Waals surface area (Å²) in [5.41, 5.74) is 2.73. The molecule has 31 heavy (non-hydrogen) atoms. The molecule has 0 saturated carbocycles. The van der Waals surface area contributed by atoms with Crippen molar-refractivity contribution in [2.45, 2.75) is 31.8 Å². The number of para-hydroxylation sites is 1. The molecule has 8 heteroatoms. The summed E-state index contributed by atoms with van der Waals surface area (Å²) < 4.78 is 0.311. The molecule has 2 heterocycles. The molecule has 1 amide bonds. The zero-order chi connectivity index (χ0) is 22.2. The molecule has 2 aromatic rings. The van der Waals surface area contributed by atoms with E-state index < -0.39 is 18.1 Å². The number of likely N-dealkylation sites (tertiary alicyclic amines) is 1. The third kappa shape index (κ3) is 3.82. The molecular formula is C23H25ClN3O3S+. The van der Waals surface area contributed by atoms with Crippen LogP contribution in [0.5, 0.6) is 0 Å². The Balaban J connectivity index is 1.51. The predicted molar refractivity (Wildman–Crippen MR) is 125 cm³/mol. The monoisotopic (exact) mass is 458 g/mol. The maximum atomic E-state index is 13.0. The van der Waals surface area contributed by atoms with Crippen molar-refractivity contribution in [3.8, 4) is 0 Å². The standard InChI is InChI=1S/C23H24ClN3O3S/c1-15-7-5-10-17(24)20(15)27(14-11-18(27)22(29)30)13-6-12-26-21(28)19(25-23(26)31)16-8-3-2-4-9-16/h2-5,7-10,18-19H,6,11-14H2,1H3,(H-,25,29,30,31)/p+1. The van der Waals surface area contributed by atoms with Crippen LogP contribution in [0.25, 0.3) is 0 Å². The molecule has 0 aromatic heterocycles. The molecule has 0 aliphatic carbocycles. The summed E-state index contributed by atoms with van der Waals surface area (Å²) in [6.45, 7) is 3.69. The molecular weight excluding hydrogens is 434 g/mol. The van der Waals surface area contributed by atoms with Gasteiger partial charge in [-0.15, -0.1) is 0 Å². The van der Waals surface area contributed by atoms with Crippen molar-refractivity contribution in [1.82, 2.24) is 14.7 Å². The first kappa shape index (κ1) is 21.7. The van der Waals surface area contributed by atoms with Crippen LogP contribution in [0.2, 0.25) is 5.02 Å². The van der Waals surface area contributed by atoms with Gasteiger partial charge in [-0.1, -0.05) is 54.1 Å². The number of carboxylic acids is 1. The molecule has 2 fully saturated rings. The molecule has 2 aliphatic rings. The largest absolute Gasteiger partial charge is 0.477 e. The highest BCUT2D eigenvalue weighted by molar-refractivity contribution is 7.80. The lowest BCUT2D eigenvalue weighted by Crippen LogP contribution is -2.70. The molecule has 6 nitrogen and oxygen atoms in total. The Morgan fingerprint density at radius 3 is 2.61 bits per heavy atom. The summed E-state index contributed by atoms with van der Waals surface area (Å²) in [6, 6.07) is 14.2. The van der Waals surface area contributed by atoms with Crippen LogP contribution in [-0.2, 0) is 9.59 Å². The summed E-state index contributed by atoms with van der Waals surface area (Å²) in [7, 11) is 0. The minimum Gasteiger partial charge on any atom is -0.477 e. The van der Waals surface area contributed by atoms with Crippen LogP contribution in [-0.4, -0.2) is 52.7 Å². The molecule has 4 rings (SSSR count). The molecule has 3 unspecified atom stereocenters. The number of nitrogens with zero attached hydrogens (tertiary/aromatic N) is 2. The number of carbonyl (C=O) groups is 2. The number of nitrogens with one attached hydrogen (secondary N) is 1. The van der Waals surface area contributed by atoms with Crippen molar-refractivity contribution in [3.05, 3.63) is 64.7 Å². The van der Waals surface area contributed by atoms with Gasteiger partial charge in [0.25, 0.3) is 5.91 Å². The van der Waals surface area contributed by atoms with Crippen molar-refractivity contribution in [1.29, 1.82) is 0 Å². The summed E-state index contributed by atoms with van der Waals surface area (Å²) in [6.07, 6.45) is 1.22. The maximum Gasteiger partial charge on any atom is 0.363 e. The molecule has 2 saturated heterocycles. The fraction of sp³-hybridized carbons (Fsp3) is 0.348. The average molecular weight is 459 g/mol. The Kier molecular flexibility index (Phi) is 6.01. The fourth-order valence-corrected chi connectivity index (χ4v) is 5.54. The van der Waals surface area contributed by atoms with Gasteiger partial charge in [0.15, 0.2) is 16.8 Å².